The molecule has 2 aromatic carbocycles. The van der Waals surface area contributed by atoms with Crippen LogP contribution in [0.15, 0.2) is 48.5 Å². The summed E-state index contributed by atoms with van der Waals surface area (Å²) in [5.74, 6) is -0.614. The minimum Gasteiger partial charge on any atom is -0.324 e. The van der Waals surface area contributed by atoms with E-state index in [0.717, 1.165) is 16.0 Å². The van der Waals surface area contributed by atoms with Gasteiger partial charge in [0.2, 0.25) is 5.91 Å². The van der Waals surface area contributed by atoms with Gasteiger partial charge in [-0.15, -0.1) is 0 Å². The van der Waals surface area contributed by atoms with E-state index in [2.05, 4.69) is 10.6 Å². The molecule has 1 aliphatic heterocycles. The van der Waals surface area contributed by atoms with Gasteiger partial charge in [-0.3, -0.25) is 14.5 Å². The molecule has 0 aromatic heterocycles. The monoisotopic (exact) mass is 379 g/mol. The second kappa shape index (κ2) is 7.46. The van der Waals surface area contributed by atoms with E-state index >= 15 is 0 Å². The Labute approximate surface area is 164 Å². The summed E-state index contributed by atoms with van der Waals surface area (Å²) in [6, 6.07) is 14.3. The smallest absolute Gasteiger partial charge is 0.324 e. The molecule has 2 aromatic rings. The number of anilines is 1. The summed E-state index contributed by atoms with van der Waals surface area (Å²) < 4.78 is 0. The maximum atomic E-state index is 12.9. The predicted octanol–water partition coefficient (Wildman–Crippen LogP) is 3.52. The second-order valence-corrected chi connectivity index (χ2v) is 7.60. The molecular formula is C22H25N3O3. The molecule has 1 atom stereocenters. The lowest BCUT2D eigenvalue weighted by molar-refractivity contribution is -0.133. The number of nitrogens with one attached hydrogen (secondary N) is 2. The average Bonchev–Trinajstić information content (AvgIpc) is 2.86. The van der Waals surface area contributed by atoms with Crippen LogP contribution in [0.2, 0.25) is 0 Å². The molecule has 0 aliphatic carbocycles. The number of hydrogen-bond acceptors (Lipinski definition) is 3. The number of para-hydroxylation sites is 1. The van der Waals surface area contributed by atoms with E-state index < -0.39 is 23.4 Å². The Bertz CT molecular complexity index is 921. The first-order valence-corrected chi connectivity index (χ1v) is 9.32. The maximum absolute atomic E-state index is 12.9. The summed E-state index contributed by atoms with van der Waals surface area (Å²) in [4.78, 5) is 38.9. The second-order valence-electron chi connectivity index (χ2n) is 7.60. The fourth-order valence-corrected chi connectivity index (χ4v) is 3.37. The lowest BCUT2D eigenvalue weighted by Gasteiger charge is -2.22. The normalized spacial score (nSPS) is 19.1. The third-order valence-electron chi connectivity index (χ3n) is 5.06. The van der Waals surface area contributed by atoms with Crippen LogP contribution in [-0.2, 0) is 15.1 Å². The van der Waals surface area contributed by atoms with Gasteiger partial charge >= 0.3 is 6.03 Å². The van der Waals surface area contributed by atoms with Crippen LogP contribution < -0.4 is 10.6 Å². The summed E-state index contributed by atoms with van der Waals surface area (Å²) in [5.41, 5.74) is 2.25. The van der Waals surface area contributed by atoms with Gasteiger partial charge in [-0.05, 0) is 37.0 Å². The average molecular weight is 379 g/mol. The van der Waals surface area contributed by atoms with Crippen LogP contribution >= 0.6 is 0 Å². The molecule has 3 rings (SSSR count). The molecule has 0 spiro atoms. The molecule has 0 radical (unpaired) electrons. The summed E-state index contributed by atoms with van der Waals surface area (Å²) in [7, 11) is 0. The summed E-state index contributed by atoms with van der Waals surface area (Å²) in [6.45, 7) is 7.35. The number of carbonyl (C=O) groups is 3. The third kappa shape index (κ3) is 3.63. The van der Waals surface area contributed by atoms with Crippen LogP contribution in [0.3, 0.4) is 0 Å². The van der Waals surface area contributed by atoms with Crippen molar-refractivity contribution in [3.63, 3.8) is 0 Å². The highest BCUT2D eigenvalue weighted by atomic mass is 16.2. The number of amides is 4. The van der Waals surface area contributed by atoms with Crippen molar-refractivity contribution >= 4 is 23.5 Å². The van der Waals surface area contributed by atoms with Crippen LogP contribution in [0, 0.1) is 6.92 Å². The number of aryl methyl sites for hydroxylation is 1. The Hall–Kier alpha value is -3.15. The van der Waals surface area contributed by atoms with E-state index in [9.17, 15) is 14.4 Å². The van der Waals surface area contributed by atoms with E-state index in [1.54, 1.807) is 6.92 Å². The zero-order chi connectivity index (χ0) is 20.5. The largest absolute Gasteiger partial charge is 0.325 e. The highest BCUT2D eigenvalue weighted by molar-refractivity contribution is 6.10. The topological polar surface area (TPSA) is 78.5 Å². The molecule has 0 unspecified atom stereocenters. The van der Waals surface area contributed by atoms with Gasteiger partial charge in [0.15, 0.2) is 0 Å². The molecule has 0 bridgehead atoms. The Morgan fingerprint density at radius 2 is 1.75 bits per heavy atom. The number of hydrogen-bond donors (Lipinski definition) is 2. The van der Waals surface area contributed by atoms with Crippen molar-refractivity contribution in [2.24, 2.45) is 0 Å². The van der Waals surface area contributed by atoms with Crippen molar-refractivity contribution in [1.82, 2.24) is 10.2 Å². The van der Waals surface area contributed by atoms with Gasteiger partial charge in [0, 0.05) is 5.69 Å². The number of rotatable bonds is 5. The van der Waals surface area contributed by atoms with Gasteiger partial charge in [0.05, 0.1) is 0 Å². The lowest BCUT2D eigenvalue weighted by Crippen LogP contribution is -2.42. The summed E-state index contributed by atoms with van der Waals surface area (Å²) >= 11 is 0. The van der Waals surface area contributed by atoms with Crippen LogP contribution in [0.4, 0.5) is 10.5 Å². The first kappa shape index (κ1) is 19.6. The van der Waals surface area contributed by atoms with E-state index in [-0.39, 0.29) is 12.5 Å². The molecule has 2 N–H and O–H groups in total. The third-order valence-corrected chi connectivity index (χ3v) is 5.06. The molecule has 1 fully saturated rings. The minimum atomic E-state index is -1.18. The number of nitrogens with zero attached hydrogens (tertiary/aromatic N) is 1. The lowest BCUT2D eigenvalue weighted by atomic mass is 9.91. The molecule has 6 nitrogen and oxygen atoms in total. The zero-order valence-corrected chi connectivity index (χ0v) is 16.6. The van der Waals surface area contributed by atoms with Crippen molar-refractivity contribution < 1.29 is 14.4 Å². The molecular weight excluding hydrogens is 354 g/mol. The van der Waals surface area contributed by atoms with E-state index in [1.165, 1.54) is 0 Å². The molecule has 1 aliphatic rings. The number of urea groups is 1. The highest BCUT2D eigenvalue weighted by Gasteiger charge is 2.49. The van der Waals surface area contributed by atoms with Gasteiger partial charge in [0.1, 0.15) is 12.1 Å². The quantitative estimate of drug-likeness (QED) is 0.780. The molecule has 6 heteroatoms. The first-order valence-electron chi connectivity index (χ1n) is 9.32. The van der Waals surface area contributed by atoms with Gasteiger partial charge in [0.25, 0.3) is 5.91 Å². The number of carbonyl (C=O) groups excluding carboxylic acids is 3. The van der Waals surface area contributed by atoms with Crippen molar-refractivity contribution in [2.45, 2.75) is 39.2 Å². The molecule has 0 saturated carbocycles. The zero-order valence-electron chi connectivity index (χ0n) is 16.6. The van der Waals surface area contributed by atoms with E-state index in [1.807, 2.05) is 69.3 Å². The molecule has 1 heterocycles. The van der Waals surface area contributed by atoms with Crippen LogP contribution in [0.1, 0.15) is 43.4 Å². The molecule has 1 saturated heterocycles. The standard InChI is InChI=1S/C22H25N3O3/c1-14(2)17-7-5-6-8-18(17)23-19(26)13-25-20(27)22(4,24-21(25)28)16-11-9-15(3)10-12-16/h5-12,14H,13H2,1-4H3,(H,23,26)(H,24,28)/t22-/m1/s1. The summed E-state index contributed by atoms with van der Waals surface area (Å²) in [5, 5.41) is 5.54. The van der Waals surface area contributed by atoms with Crippen LogP contribution in [0.25, 0.3) is 0 Å². The molecule has 146 valence electrons. The van der Waals surface area contributed by atoms with Gasteiger partial charge in [-0.2, -0.15) is 0 Å². The highest BCUT2D eigenvalue weighted by Crippen LogP contribution is 2.29. The van der Waals surface area contributed by atoms with Crippen molar-refractivity contribution in [3.8, 4) is 0 Å². The Morgan fingerprint density at radius 3 is 2.39 bits per heavy atom. The van der Waals surface area contributed by atoms with Crippen molar-refractivity contribution in [3.05, 3.63) is 65.2 Å². The Morgan fingerprint density at radius 1 is 1.11 bits per heavy atom. The van der Waals surface area contributed by atoms with Crippen molar-refractivity contribution in [1.29, 1.82) is 0 Å². The van der Waals surface area contributed by atoms with Crippen molar-refractivity contribution in [2.75, 3.05) is 11.9 Å². The molecule has 28 heavy (non-hydrogen) atoms. The Balaban J connectivity index is 1.76. The minimum absolute atomic E-state index is 0.234. The SMILES string of the molecule is Cc1ccc([C@@]2(C)NC(=O)N(CC(=O)Nc3ccccc3C(C)C)C2=O)cc1. The molecule has 4 amide bonds. The maximum Gasteiger partial charge on any atom is 0.325 e. The fourth-order valence-electron chi connectivity index (χ4n) is 3.37. The van der Waals surface area contributed by atoms with Gasteiger partial charge < -0.3 is 10.6 Å². The van der Waals surface area contributed by atoms with E-state index in [0.29, 0.717) is 11.3 Å². The van der Waals surface area contributed by atoms with Gasteiger partial charge in [-0.1, -0.05) is 61.9 Å². The fraction of sp³-hybridized carbons (Fsp3) is 0.318. The van der Waals surface area contributed by atoms with Crippen LogP contribution in [-0.4, -0.2) is 29.3 Å². The van der Waals surface area contributed by atoms with Crippen LogP contribution in [0.5, 0.6) is 0 Å². The Kier molecular flexibility index (Phi) is 5.23. The van der Waals surface area contributed by atoms with E-state index in [4.69, 9.17) is 0 Å². The predicted molar refractivity (Wildman–Crippen MR) is 108 cm³/mol. The number of imide groups is 1. The van der Waals surface area contributed by atoms with Gasteiger partial charge in [-0.25, -0.2) is 4.79 Å². The first-order chi connectivity index (χ1) is 13.2. The number of benzene rings is 2. The summed E-state index contributed by atoms with van der Waals surface area (Å²) in [6.07, 6.45) is 0.